The SMILES string of the molecule is Cc1oc(-c2ccccc2)nc1CC(=O)Nc1ccc(-c2nnco2)cc1. The highest BCUT2D eigenvalue weighted by molar-refractivity contribution is 5.92. The quantitative estimate of drug-likeness (QED) is 0.580. The minimum Gasteiger partial charge on any atom is -0.441 e. The molecule has 4 rings (SSSR count). The zero-order chi connectivity index (χ0) is 18.6. The van der Waals surface area contributed by atoms with E-state index in [2.05, 4.69) is 20.5 Å². The maximum Gasteiger partial charge on any atom is 0.247 e. The van der Waals surface area contributed by atoms with Crippen LogP contribution in [0.3, 0.4) is 0 Å². The van der Waals surface area contributed by atoms with E-state index >= 15 is 0 Å². The van der Waals surface area contributed by atoms with E-state index in [-0.39, 0.29) is 12.3 Å². The first-order valence-corrected chi connectivity index (χ1v) is 8.37. The van der Waals surface area contributed by atoms with Crippen LogP contribution < -0.4 is 5.32 Å². The summed E-state index contributed by atoms with van der Waals surface area (Å²) < 4.78 is 10.8. The largest absolute Gasteiger partial charge is 0.441 e. The molecule has 0 saturated carbocycles. The van der Waals surface area contributed by atoms with Crippen LogP contribution in [0.4, 0.5) is 5.69 Å². The molecule has 0 aliphatic carbocycles. The first-order valence-electron chi connectivity index (χ1n) is 8.37. The number of rotatable bonds is 5. The highest BCUT2D eigenvalue weighted by atomic mass is 16.4. The zero-order valence-electron chi connectivity index (χ0n) is 14.5. The van der Waals surface area contributed by atoms with Crippen LogP contribution in [0.15, 0.2) is 69.8 Å². The molecule has 0 fully saturated rings. The van der Waals surface area contributed by atoms with Gasteiger partial charge in [-0.05, 0) is 43.3 Å². The van der Waals surface area contributed by atoms with E-state index in [9.17, 15) is 4.79 Å². The number of benzene rings is 2. The lowest BCUT2D eigenvalue weighted by Crippen LogP contribution is -2.15. The lowest BCUT2D eigenvalue weighted by Gasteiger charge is -2.04. The molecule has 0 aliphatic heterocycles. The number of amides is 1. The molecule has 27 heavy (non-hydrogen) atoms. The Morgan fingerprint density at radius 3 is 2.44 bits per heavy atom. The molecular formula is C20H16N4O3. The van der Waals surface area contributed by atoms with Crippen molar-refractivity contribution >= 4 is 11.6 Å². The lowest BCUT2D eigenvalue weighted by atomic mass is 10.2. The van der Waals surface area contributed by atoms with Gasteiger partial charge in [0.15, 0.2) is 0 Å². The fourth-order valence-corrected chi connectivity index (χ4v) is 2.65. The zero-order valence-corrected chi connectivity index (χ0v) is 14.5. The summed E-state index contributed by atoms with van der Waals surface area (Å²) in [5, 5.41) is 10.3. The van der Waals surface area contributed by atoms with E-state index in [4.69, 9.17) is 8.83 Å². The van der Waals surface area contributed by atoms with Crippen molar-refractivity contribution in [2.45, 2.75) is 13.3 Å². The summed E-state index contributed by atoms with van der Waals surface area (Å²) in [5.74, 6) is 1.41. The van der Waals surface area contributed by atoms with Crippen molar-refractivity contribution in [2.75, 3.05) is 5.32 Å². The van der Waals surface area contributed by atoms with Crippen molar-refractivity contribution in [3.8, 4) is 22.9 Å². The van der Waals surface area contributed by atoms with Crippen molar-refractivity contribution in [1.29, 1.82) is 0 Å². The third kappa shape index (κ3) is 3.77. The number of nitrogens with one attached hydrogen (secondary N) is 1. The van der Waals surface area contributed by atoms with Gasteiger partial charge in [0.2, 0.25) is 24.1 Å². The van der Waals surface area contributed by atoms with Crippen LogP contribution >= 0.6 is 0 Å². The van der Waals surface area contributed by atoms with Crippen LogP contribution in [0, 0.1) is 6.92 Å². The van der Waals surface area contributed by atoms with Crippen molar-refractivity contribution in [2.24, 2.45) is 0 Å². The van der Waals surface area contributed by atoms with E-state index < -0.39 is 0 Å². The predicted octanol–water partition coefficient (Wildman–Crippen LogP) is 3.88. The Morgan fingerprint density at radius 1 is 1.00 bits per heavy atom. The molecular weight excluding hydrogens is 344 g/mol. The van der Waals surface area contributed by atoms with Crippen LogP contribution in [0.2, 0.25) is 0 Å². The Morgan fingerprint density at radius 2 is 1.74 bits per heavy atom. The van der Waals surface area contributed by atoms with E-state index in [1.54, 1.807) is 31.2 Å². The smallest absolute Gasteiger partial charge is 0.247 e. The van der Waals surface area contributed by atoms with Gasteiger partial charge >= 0.3 is 0 Å². The average Bonchev–Trinajstić information content (AvgIpc) is 3.34. The topological polar surface area (TPSA) is 94.1 Å². The van der Waals surface area contributed by atoms with Gasteiger partial charge in [-0.25, -0.2) is 4.98 Å². The third-order valence-corrected chi connectivity index (χ3v) is 4.02. The number of oxazole rings is 1. The monoisotopic (exact) mass is 360 g/mol. The summed E-state index contributed by atoms with van der Waals surface area (Å²) >= 11 is 0. The van der Waals surface area contributed by atoms with Crippen molar-refractivity contribution in [3.05, 3.63) is 72.4 Å². The molecule has 0 spiro atoms. The standard InChI is InChI=1S/C20H16N4O3/c1-13-17(23-19(27-13)14-5-3-2-4-6-14)11-18(25)22-16-9-7-15(8-10-16)20-24-21-12-26-20/h2-10,12H,11H2,1H3,(H,22,25). The van der Waals surface area contributed by atoms with Crippen LogP contribution in [0.25, 0.3) is 22.9 Å². The second kappa shape index (κ2) is 7.25. The normalized spacial score (nSPS) is 10.7. The molecule has 7 nitrogen and oxygen atoms in total. The summed E-state index contributed by atoms with van der Waals surface area (Å²) in [7, 11) is 0. The van der Waals surface area contributed by atoms with Gasteiger partial charge in [0, 0.05) is 16.8 Å². The molecule has 0 radical (unpaired) electrons. The van der Waals surface area contributed by atoms with Crippen molar-refractivity contribution < 1.29 is 13.6 Å². The number of carbonyl (C=O) groups is 1. The lowest BCUT2D eigenvalue weighted by molar-refractivity contribution is -0.115. The molecule has 4 aromatic rings. The maximum absolute atomic E-state index is 12.4. The number of hydrogen-bond donors (Lipinski definition) is 1. The molecule has 2 aromatic heterocycles. The predicted molar refractivity (Wildman–Crippen MR) is 98.7 cm³/mol. The third-order valence-electron chi connectivity index (χ3n) is 4.02. The average molecular weight is 360 g/mol. The van der Waals surface area contributed by atoms with Crippen LogP contribution in [0.5, 0.6) is 0 Å². The van der Waals surface area contributed by atoms with Gasteiger partial charge in [-0.1, -0.05) is 18.2 Å². The molecule has 0 atom stereocenters. The fraction of sp³-hybridized carbons (Fsp3) is 0.100. The van der Waals surface area contributed by atoms with Gasteiger partial charge in [0.05, 0.1) is 12.1 Å². The summed E-state index contributed by atoms with van der Waals surface area (Å²) in [6.07, 6.45) is 1.41. The maximum atomic E-state index is 12.4. The molecule has 1 amide bonds. The first-order chi connectivity index (χ1) is 13.2. The molecule has 2 heterocycles. The Kier molecular flexibility index (Phi) is 4.49. The molecule has 0 unspecified atom stereocenters. The molecule has 2 aromatic carbocycles. The molecule has 0 bridgehead atoms. The van der Waals surface area contributed by atoms with Crippen molar-refractivity contribution in [1.82, 2.24) is 15.2 Å². The van der Waals surface area contributed by atoms with E-state index in [0.717, 1.165) is 11.1 Å². The number of carbonyl (C=O) groups excluding carboxylic acids is 1. The van der Waals surface area contributed by atoms with Crippen LogP contribution in [0.1, 0.15) is 11.5 Å². The summed E-state index contributed by atoms with van der Waals surface area (Å²) in [6, 6.07) is 16.8. The van der Waals surface area contributed by atoms with Gasteiger partial charge < -0.3 is 14.2 Å². The van der Waals surface area contributed by atoms with Crippen molar-refractivity contribution in [3.63, 3.8) is 0 Å². The van der Waals surface area contributed by atoms with Gasteiger partial charge in [-0.15, -0.1) is 10.2 Å². The number of aromatic nitrogens is 3. The minimum atomic E-state index is -0.170. The second-order valence-electron chi connectivity index (χ2n) is 5.93. The van der Waals surface area contributed by atoms with Gasteiger partial charge in [-0.2, -0.15) is 0 Å². The number of aryl methyl sites for hydroxylation is 1. The van der Waals surface area contributed by atoms with Crippen LogP contribution in [-0.2, 0) is 11.2 Å². The number of nitrogens with zero attached hydrogens (tertiary/aromatic N) is 3. The Bertz CT molecular complexity index is 1040. The Labute approximate surface area is 155 Å². The van der Waals surface area contributed by atoms with Gasteiger partial charge in [0.25, 0.3) is 0 Å². The summed E-state index contributed by atoms with van der Waals surface area (Å²) in [4.78, 5) is 16.8. The molecule has 1 N–H and O–H groups in total. The van der Waals surface area contributed by atoms with Gasteiger partial charge in [0.1, 0.15) is 5.76 Å². The Balaban J connectivity index is 1.43. The number of anilines is 1. The first kappa shape index (κ1) is 16.7. The summed E-state index contributed by atoms with van der Waals surface area (Å²) in [5.41, 5.74) is 2.95. The minimum absolute atomic E-state index is 0.133. The highest BCUT2D eigenvalue weighted by Crippen LogP contribution is 2.22. The molecule has 134 valence electrons. The molecule has 7 heteroatoms. The second-order valence-corrected chi connectivity index (χ2v) is 5.93. The van der Waals surface area contributed by atoms with E-state index in [1.807, 2.05) is 30.3 Å². The van der Waals surface area contributed by atoms with E-state index in [1.165, 1.54) is 6.39 Å². The fourth-order valence-electron chi connectivity index (χ4n) is 2.65. The molecule has 0 saturated heterocycles. The molecule has 0 aliphatic rings. The Hall–Kier alpha value is -3.74. The van der Waals surface area contributed by atoms with Gasteiger partial charge in [-0.3, -0.25) is 4.79 Å². The van der Waals surface area contributed by atoms with E-state index in [0.29, 0.717) is 28.9 Å². The highest BCUT2D eigenvalue weighted by Gasteiger charge is 2.15. The summed E-state index contributed by atoms with van der Waals surface area (Å²) in [6.45, 7) is 1.81. The number of hydrogen-bond acceptors (Lipinski definition) is 6. The van der Waals surface area contributed by atoms with Crippen LogP contribution in [-0.4, -0.2) is 21.1 Å².